The van der Waals surface area contributed by atoms with Crippen molar-refractivity contribution in [3.8, 4) is 0 Å². The number of aryl methyl sites for hydroxylation is 1. The fourth-order valence-electron chi connectivity index (χ4n) is 2.86. The Morgan fingerprint density at radius 1 is 1.29 bits per heavy atom. The van der Waals surface area contributed by atoms with Gasteiger partial charge >= 0.3 is 0 Å². The van der Waals surface area contributed by atoms with Crippen LogP contribution < -0.4 is 5.32 Å². The number of sulfone groups is 1. The average Bonchev–Trinajstić information content (AvgIpc) is 2.96. The Morgan fingerprint density at radius 3 is 2.62 bits per heavy atom. The van der Waals surface area contributed by atoms with Crippen LogP contribution in [0.4, 0.5) is 0 Å². The van der Waals surface area contributed by atoms with Crippen LogP contribution >= 0.6 is 0 Å². The van der Waals surface area contributed by atoms with Crippen LogP contribution in [-0.4, -0.2) is 35.5 Å². The number of benzene rings is 1. The Kier molecular flexibility index (Phi) is 4.73. The Morgan fingerprint density at radius 2 is 2.00 bits per heavy atom. The first-order valence-electron chi connectivity index (χ1n) is 8.29. The lowest BCUT2D eigenvalue weighted by Crippen LogP contribution is -2.37. The van der Waals surface area contributed by atoms with E-state index in [9.17, 15) is 8.42 Å². The van der Waals surface area contributed by atoms with Crippen LogP contribution in [0.5, 0.6) is 0 Å². The highest BCUT2D eigenvalue weighted by Crippen LogP contribution is 2.17. The minimum atomic E-state index is -3.13. The first-order valence-corrected chi connectivity index (χ1v) is 10.2. The van der Waals surface area contributed by atoms with Crippen LogP contribution in [0.25, 0.3) is 0 Å². The van der Waals surface area contributed by atoms with Gasteiger partial charge in [-0.05, 0) is 24.1 Å². The Labute approximate surface area is 143 Å². The van der Waals surface area contributed by atoms with Crippen molar-refractivity contribution < 1.29 is 8.42 Å². The molecule has 7 heteroatoms. The standard InChI is InChI=1S/C17H24N4O2S/c1-12(2)17-19-16-9-6-14(11-21(16)20-17)18-10-13-4-7-15(8-5-13)24(3,22)23/h4-5,7-8,12,14,18H,6,9-11H2,1-3H3. The molecule has 2 aromatic rings. The molecule has 3 rings (SSSR count). The Hall–Kier alpha value is -1.73. The van der Waals surface area contributed by atoms with Gasteiger partial charge in [0.1, 0.15) is 5.82 Å². The second kappa shape index (κ2) is 6.64. The molecular weight excluding hydrogens is 324 g/mol. The smallest absolute Gasteiger partial charge is 0.175 e. The third-order valence-electron chi connectivity index (χ3n) is 4.34. The van der Waals surface area contributed by atoms with Crippen LogP contribution in [0.2, 0.25) is 0 Å². The number of hydrogen-bond acceptors (Lipinski definition) is 5. The number of aromatic nitrogens is 3. The molecule has 6 nitrogen and oxygen atoms in total. The highest BCUT2D eigenvalue weighted by atomic mass is 32.2. The maximum Gasteiger partial charge on any atom is 0.175 e. The molecule has 1 aromatic heterocycles. The molecule has 24 heavy (non-hydrogen) atoms. The summed E-state index contributed by atoms with van der Waals surface area (Å²) >= 11 is 0. The van der Waals surface area contributed by atoms with Crippen LogP contribution in [0.3, 0.4) is 0 Å². The molecule has 130 valence electrons. The van der Waals surface area contributed by atoms with E-state index >= 15 is 0 Å². The van der Waals surface area contributed by atoms with Crippen molar-refractivity contribution in [3.05, 3.63) is 41.5 Å². The summed E-state index contributed by atoms with van der Waals surface area (Å²) in [4.78, 5) is 4.96. The van der Waals surface area contributed by atoms with E-state index in [1.54, 1.807) is 12.1 Å². The predicted octanol–water partition coefficient (Wildman–Crippen LogP) is 1.91. The Balaban J connectivity index is 1.59. The maximum absolute atomic E-state index is 11.5. The molecule has 0 saturated heterocycles. The first-order chi connectivity index (χ1) is 11.3. The van der Waals surface area contributed by atoms with Gasteiger partial charge in [-0.15, -0.1) is 0 Å². The summed E-state index contributed by atoms with van der Waals surface area (Å²) in [6.07, 6.45) is 3.20. The van der Waals surface area contributed by atoms with Crippen molar-refractivity contribution in [1.82, 2.24) is 20.1 Å². The molecule has 0 spiro atoms. The molecule has 0 saturated carbocycles. The van der Waals surface area contributed by atoms with Gasteiger partial charge in [0.25, 0.3) is 0 Å². The van der Waals surface area contributed by atoms with Crippen LogP contribution in [-0.2, 0) is 29.3 Å². The molecular formula is C17H24N4O2S. The molecule has 1 aromatic carbocycles. The van der Waals surface area contributed by atoms with E-state index in [0.29, 0.717) is 16.9 Å². The number of nitrogens with one attached hydrogen (secondary N) is 1. The molecule has 0 fully saturated rings. The van der Waals surface area contributed by atoms with Crippen LogP contribution in [0, 0.1) is 0 Å². The highest BCUT2D eigenvalue weighted by molar-refractivity contribution is 7.90. The van der Waals surface area contributed by atoms with Crippen molar-refractivity contribution in [3.63, 3.8) is 0 Å². The zero-order valence-corrected chi connectivity index (χ0v) is 15.2. The third kappa shape index (κ3) is 3.84. The molecule has 0 bridgehead atoms. The van der Waals surface area contributed by atoms with Gasteiger partial charge < -0.3 is 5.32 Å². The zero-order chi connectivity index (χ0) is 17.3. The third-order valence-corrected chi connectivity index (χ3v) is 5.47. The van der Waals surface area contributed by atoms with E-state index in [1.165, 1.54) is 6.26 Å². The molecule has 0 amide bonds. The largest absolute Gasteiger partial charge is 0.308 e. The molecule has 0 aliphatic carbocycles. The van der Waals surface area contributed by atoms with Crippen molar-refractivity contribution >= 4 is 9.84 Å². The molecule has 1 aliphatic heterocycles. The van der Waals surface area contributed by atoms with E-state index < -0.39 is 9.84 Å². The lowest BCUT2D eigenvalue weighted by molar-refractivity contribution is 0.357. The molecule has 2 heterocycles. The Bertz CT molecular complexity index is 810. The SMILES string of the molecule is CC(C)c1nc2n(n1)CC(NCc1ccc(S(C)(=O)=O)cc1)CC2. The average molecular weight is 348 g/mol. The normalized spacial score (nSPS) is 17.9. The van der Waals surface area contributed by atoms with E-state index in [4.69, 9.17) is 0 Å². The first kappa shape index (κ1) is 17.1. The summed E-state index contributed by atoms with van der Waals surface area (Å²) in [5.41, 5.74) is 1.08. The van der Waals surface area contributed by atoms with E-state index in [1.807, 2.05) is 16.8 Å². The van der Waals surface area contributed by atoms with E-state index in [2.05, 4.69) is 29.2 Å². The van der Waals surface area contributed by atoms with Gasteiger partial charge in [0.05, 0.1) is 11.4 Å². The van der Waals surface area contributed by atoms with Gasteiger partial charge in [0.2, 0.25) is 0 Å². The topological polar surface area (TPSA) is 76.9 Å². The van der Waals surface area contributed by atoms with Crippen molar-refractivity contribution in [2.24, 2.45) is 0 Å². The zero-order valence-electron chi connectivity index (χ0n) is 14.4. The van der Waals surface area contributed by atoms with Crippen molar-refractivity contribution in [2.45, 2.75) is 56.6 Å². The number of rotatable bonds is 5. The van der Waals surface area contributed by atoms with Crippen molar-refractivity contribution in [1.29, 1.82) is 0 Å². The molecule has 0 radical (unpaired) electrons. The van der Waals surface area contributed by atoms with Gasteiger partial charge in [0.15, 0.2) is 15.7 Å². The van der Waals surface area contributed by atoms with Gasteiger partial charge in [0, 0.05) is 31.2 Å². The monoisotopic (exact) mass is 348 g/mol. The van der Waals surface area contributed by atoms with Gasteiger partial charge in [-0.1, -0.05) is 26.0 Å². The predicted molar refractivity (Wildman–Crippen MR) is 92.6 cm³/mol. The summed E-state index contributed by atoms with van der Waals surface area (Å²) in [5, 5.41) is 8.13. The second-order valence-corrected chi connectivity index (χ2v) is 8.77. The van der Waals surface area contributed by atoms with E-state index in [0.717, 1.165) is 43.1 Å². The lowest BCUT2D eigenvalue weighted by atomic mass is 10.1. The highest BCUT2D eigenvalue weighted by Gasteiger charge is 2.22. The summed E-state index contributed by atoms with van der Waals surface area (Å²) in [6.45, 7) is 5.76. The van der Waals surface area contributed by atoms with Crippen LogP contribution in [0.1, 0.15) is 43.4 Å². The minimum absolute atomic E-state index is 0.350. The minimum Gasteiger partial charge on any atom is -0.308 e. The maximum atomic E-state index is 11.5. The fourth-order valence-corrected chi connectivity index (χ4v) is 3.49. The molecule has 1 aliphatic rings. The van der Waals surface area contributed by atoms with E-state index in [-0.39, 0.29) is 0 Å². The number of nitrogens with zero attached hydrogens (tertiary/aromatic N) is 3. The van der Waals surface area contributed by atoms with Crippen LogP contribution in [0.15, 0.2) is 29.2 Å². The molecule has 1 atom stereocenters. The van der Waals surface area contributed by atoms with Crippen molar-refractivity contribution in [2.75, 3.05) is 6.26 Å². The summed E-state index contributed by atoms with van der Waals surface area (Å²) in [5.74, 6) is 2.35. The van der Waals surface area contributed by atoms with Gasteiger partial charge in [-0.25, -0.2) is 18.1 Å². The van der Waals surface area contributed by atoms with Gasteiger partial charge in [-0.3, -0.25) is 0 Å². The second-order valence-electron chi connectivity index (χ2n) is 6.76. The molecule has 1 N–H and O–H groups in total. The quantitative estimate of drug-likeness (QED) is 0.893. The number of fused-ring (bicyclic) bond motifs is 1. The molecule has 1 unspecified atom stereocenters. The summed E-state index contributed by atoms with van der Waals surface area (Å²) in [6, 6.07) is 7.41. The summed E-state index contributed by atoms with van der Waals surface area (Å²) < 4.78 is 25.0. The lowest BCUT2D eigenvalue weighted by Gasteiger charge is -2.23. The number of hydrogen-bond donors (Lipinski definition) is 1. The fraction of sp³-hybridized carbons (Fsp3) is 0.529. The summed E-state index contributed by atoms with van der Waals surface area (Å²) in [7, 11) is -3.13. The van der Waals surface area contributed by atoms with Gasteiger partial charge in [-0.2, -0.15) is 5.10 Å².